The molecule has 0 bridgehead atoms. The zero-order valence-electron chi connectivity index (χ0n) is 30.7. The maximum absolute atomic E-state index is 14.3. The molecule has 0 saturated heterocycles. The smallest absolute Gasteiger partial charge is 0.335 e. The van der Waals surface area contributed by atoms with Gasteiger partial charge in [-0.3, -0.25) is 4.79 Å². The van der Waals surface area contributed by atoms with Gasteiger partial charge in [-0.2, -0.15) is 0 Å². The second-order valence-electron chi connectivity index (χ2n) is 18.2. The third kappa shape index (κ3) is 5.10. The van der Waals surface area contributed by atoms with Crippen molar-refractivity contribution in [2.75, 3.05) is 27.2 Å². The highest BCUT2D eigenvalue weighted by Crippen LogP contribution is 2.77. The highest BCUT2D eigenvalue weighted by molar-refractivity contribution is 5.88. The number of aromatic carboxylic acids is 1. The molecule has 47 heavy (non-hydrogen) atoms. The molecule has 0 radical (unpaired) electrons. The fourth-order valence-electron chi connectivity index (χ4n) is 13.2. The molecule has 5 heteroatoms. The van der Waals surface area contributed by atoms with Gasteiger partial charge in [0, 0.05) is 6.54 Å². The minimum absolute atomic E-state index is 0.000284. The first-order chi connectivity index (χ1) is 22.0. The Balaban J connectivity index is 1.31. The third-order valence-corrected chi connectivity index (χ3v) is 15.6. The molecule has 9 unspecified atom stereocenters. The Bertz CT molecular complexity index is 1440. The maximum atomic E-state index is 14.3. The van der Waals surface area contributed by atoms with Crippen LogP contribution in [0, 0.1) is 56.7 Å². The SMILES string of the molecule is C=C(C)C1CCC2(C(=O)NCCCN(C)C)CCC3(C)C(CCC4C5(C)CC=C(c6ccc(C(=O)O)cc6)C(C)(C)C5CCC43C)C12. The molecule has 2 N–H and O–H groups in total. The van der Waals surface area contributed by atoms with Crippen molar-refractivity contribution in [3.8, 4) is 0 Å². The molecule has 258 valence electrons. The molecule has 5 aliphatic carbocycles. The lowest BCUT2D eigenvalue weighted by Crippen LogP contribution is -2.66. The van der Waals surface area contributed by atoms with Crippen molar-refractivity contribution in [1.29, 1.82) is 0 Å². The number of hydrogen-bond donors (Lipinski definition) is 2. The van der Waals surface area contributed by atoms with E-state index in [1.54, 1.807) is 12.1 Å². The van der Waals surface area contributed by atoms with Crippen LogP contribution in [-0.2, 0) is 4.79 Å². The molecule has 9 atom stereocenters. The molecule has 0 spiro atoms. The third-order valence-electron chi connectivity index (χ3n) is 15.6. The van der Waals surface area contributed by atoms with E-state index in [1.807, 2.05) is 12.1 Å². The number of carboxylic acids is 1. The van der Waals surface area contributed by atoms with Gasteiger partial charge in [-0.25, -0.2) is 4.79 Å². The lowest BCUT2D eigenvalue weighted by atomic mass is 9.32. The van der Waals surface area contributed by atoms with E-state index in [1.165, 1.54) is 42.4 Å². The van der Waals surface area contributed by atoms with Crippen molar-refractivity contribution in [1.82, 2.24) is 10.2 Å². The van der Waals surface area contributed by atoms with Crippen molar-refractivity contribution in [3.63, 3.8) is 0 Å². The molecule has 6 rings (SSSR count). The molecular formula is C42H62N2O3. The van der Waals surface area contributed by atoms with Gasteiger partial charge in [0.15, 0.2) is 0 Å². The van der Waals surface area contributed by atoms with Crippen LogP contribution in [0.25, 0.3) is 5.57 Å². The van der Waals surface area contributed by atoms with Gasteiger partial charge < -0.3 is 15.3 Å². The van der Waals surface area contributed by atoms with Gasteiger partial charge in [0.2, 0.25) is 5.91 Å². The Morgan fingerprint density at radius 2 is 1.62 bits per heavy atom. The number of carbonyl (C=O) groups is 2. The lowest BCUT2D eigenvalue weighted by Gasteiger charge is -2.72. The van der Waals surface area contributed by atoms with Crippen LogP contribution in [0.15, 0.2) is 42.5 Å². The Labute approximate surface area is 285 Å². The van der Waals surface area contributed by atoms with Gasteiger partial charge in [-0.05, 0) is 166 Å². The zero-order chi connectivity index (χ0) is 34.2. The highest BCUT2D eigenvalue weighted by Gasteiger charge is 2.71. The molecule has 4 fully saturated rings. The second-order valence-corrected chi connectivity index (χ2v) is 18.2. The average Bonchev–Trinajstić information content (AvgIpc) is 3.41. The number of nitrogens with zero attached hydrogens (tertiary/aromatic N) is 1. The number of nitrogens with one attached hydrogen (secondary N) is 1. The molecule has 5 nitrogen and oxygen atoms in total. The summed E-state index contributed by atoms with van der Waals surface area (Å²) >= 11 is 0. The minimum atomic E-state index is -0.871. The van der Waals surface area contributed by atoms with Crippen LogP contribution in [0.2, 0.25) is 0 Å². The molecule has 4 saturated carbocycles. The lowest BCUT2D eigenvalue weighted by molar-refractivity contribution is -0.225. The number of amides is 1. The standard InChI is InChI=1S/C42H62N2O3/c1-27(2)30-17-22-42(37(47)43-25-10-26-44(8)9)24-23-40(6)32(35(30)42)15-16-34-39(5)20-18-31(28-11-13-29(14-12-28)36(45)46)38(3,4)33(39)19-21-41(34,40)7/h11-14,18,30,32-35H,1,10,15-17,19-26H2,2-9H3,(H,43,47)(H,45,46). The minimum Gasteiger partial charge on any atom is -0.478 e. The van der Waals surface area contributed by atoms with Crippen LogP contribution < -0.4 is 5.32 Å². The first-order valence-corrected chi connectivity index (χ1v) is 18.7. The Morgan fingerprint density at radius 3 is 2.26 bits per heavy atom. The van der Waals surface area contributed by atoms with E-state index in [-0.39, 0.29) is 27.1 Å². The van der Waals surface area contributed by atoms with Crippen molar-refractivity contribution in [2.24, 2.45) is 56.7 Å². The van der Waals surface area contributed by atoms with Crippen LogP contribution in [0.3, 0.4) is 0 Å². The van der Waals surface area contributed by atoms with Crippen LogP contribution in [0.4, 0.5) is 0 Å². The fraction of sp³-hybridized carbons (Fsp3) is 0.714. The Morgan fingerprint density at radius 1 is 0.915 bits per heavy atom. The first-order valence-electron chi connectivity index (χ1n) is 18.7. The van der Waals surface area contributed by atoms with E-state index in [2.05, 4.69) is 78.5 Å². The molecular weight excluding hydrogens is 580 g/mol. The number of carboxylic acid groups (broad SMARTS) is 1. The van der Waals surface area contributed by atoms with Crippen LogP contribution in [0.5, 0.6) is 0 Å². The quantitative estimate of drug-likeness (QED) is 0.219. The monoisotopic (exact) mass is 642 g/mol. The molecule has 0 aromatic heterocycles. The van der Waals surface area contributed by atoms with Crippen LogP contribution in [-0.4, -0.2) is 49.1 Å². The first kappa shape index (κ1) is 34.5. The van der Waals surface area contributed by atoms with Crippen molar-refractivity contribution in [3.05, 3.63) is 53.6 Å². The van der Waals surface area contributed by atoms with E-state index in [0.717, 1.165) is 51.6 Å². The van der Waals surface area contributed by atoms with E-state index in [9.17, 15) is 14.7 Å². The van der Waals surface area contributed by atoms with Crippen molar-refractivity contribution < 1.29 is 14.7 Å². The second kappa shape index (κ2) is 11.9. The normalized spacial score (nSPS) is 40.4. The maximum Gasteiger partial charge on any atom is 0.335 e. The van der Waals surface area contributed by atoms with Gasteiger partial charge >= 0.3 is 5.97 Å². The van der Waals surface area contributed by atoms with Crippen LogP contribution >= 0.6 is 0 Å². The molecule has 1 amide bonds. The summed E-state index contributed by atoms with van der Waals surface area (Å²) in [4.78, 5) is 28.0. The molecule has 1 aromatic rings. The zero-order valence-corrected chi connectivity index (χ0v) is 30.7. The summed E-state index contributed by atoms with van der Waals surface area (Å²) in [5.74, 6) is 2.04. The van der Waals surface area contributed by atoms with Crippen molar-refractivity contribution >= 4 is 17.4 Å². The van der Waals surface area contributed by atoms with Gasteiger partial charge in [-0.1, -0.05) is 65.0 Å². The Hall–Kier alpha value is -2.40. The summed E-state index contributed by atoms with van der Waals surface area (Å²) in [6.07, 6.45) is 13.8. The summed E-state index contributed by atoms with van der Waals surface area (Å²) in [7, 11) is 4.20. The predicted octanol–water partition coefficient (Wildman–Crippen LogP) is 9.10. The largest absolute Gasteiger partial charge is 0.478 e. The number of rotatable bonds is 8. The number of allylic oxidation sites excluding steroid dienone is 3. The number of carbonyl (C=O) groups excluding carboxylic acids is 1. The van der Waals surface area contributed by atoms with E-state index >= 15 is 0 Å². The summed E-state index contributed by atoms with van der Waals surface area (Å²) in [6, 6.07) is 7.56. The summed E-state index contributed by atoms with van der Waals surface area (Å²) in [6.45, 7) is 21.3. The van der Waals surface area contributed by atoms with E-state index < -0.39 is 5.97 Å². The number of fused-ring (bicyclic) bond motifs is 7. The molecule has 0 heterocycles. The summed E-state index contributed by atoms with van der Waals surface area (Å²) in [5.41, 5.74) is 4.56. The highest BCUT2D eigenvalue weighted by atomic mass is 16.4. The van der Waals surface area contributed by atoms with Crippen LogP contribution in [0.1, 0.15) is 122 Å². The Kier molecular flexibility index (Phi) is 8.71. The van der Waals surface area contributed by atoms with E-state index in [0.29, 0.717) is 41.1 Å². The van der Waals surface area contributed by atoms with Gasteiger partial charge in [0.05, 0.1) is 11.0 Å². The topological polar surface area (TPSA) is 69.6 Å². The average molecular weight is 643 g/mol. The van der Waals surface area contributed by atoms with Gasteiger partial charge in [0.1, 0.15) is 0 Å². The molecule has 0 aliphatic heterocycles. The molecule has 1 aromatic carbocycles. The number of hydrogen-bond acceptors (Lipinski definition) is 3. The van der Waals surface area contributed by atoms with E-state index in [4.69, 9.17) is 0 Å². The van der Waals surface area contributed by atoms with Gasteiger partial charge in [-0.15, -0.1) is 0 Å². The fourth-order valence-corrected chi connectivity index (χ4v) is 13.2. The molecule has 5 aliphatic rings. The van der Waals surface area contributed by atoms with Gasteiger partial charge in [0.25, 0.3) is 0 Å². The van der Waals surface area contributed by atoms with Crippen molar-refractivity contribution in [2.45, 2.75) is 106 Å². The number of benzene rings is 1. The summed E-state index contributed by atoms with van der Waals surface area (Å²) < 4.78 is 0. The predicted molar refractivity (Wildman–Crippen MR) is 192 cm³/mol. The summed E-state index contributed by atoms with van der Waals surface area (Å²) in [5, 5.41) is 12.9.